The average molecular weight is 479 g/mol. The predicted molar refractivity (Wildman–Crippen MR) is 140 cm³/mol. The summed E-state index contributed by atoms with van der Waals surface area (Å²) in [5.74, 6) is 1.37. The zero-order chi connectivity index (χ0) is 24.0. The number of rotatable bonds is 1. The van der Waals surface area contributed by atoms with E-state index in [0.29, 0.717) is 0 Å². The maximum Gasteiger partial charge on any atom is 0.302 e. The van der Waals surface area contributed by atoms with Gasteiger partial charge in [0.2, 0.25) is 5.91 Å². The first kappa shape index (κ1) is 22.8. The van der Waals surface area contributed by atoms with Gasteiger partial charge in [0.15, 0.2) is 0 Å². The van der Waals surface area contributed by atoms with E-state index in [1.165, 1.54) is 10.5 Å². The number of allylic oxidation sites excluding steroid dienone is 6. The van der Waals surface area contributed by atoms with Crippen LogP contribution in [-0.4, -0.2) is 30.4 Å². The molecule has 0 radical (unpaired) electrons. The summed E-state index contributed by atoms with van der Waals surface area (Å²) >= 11 is 0. The van der Waals surface area contributed by atoms with E-state index in [0.717, 1.165) is 11.5 Å². The summed E-state index contributed by atoms with van der Waals surface area (Å²) in [4.78, 5) is 12.9. The topological polar surface area (TPSA) is 41.9 Å². The molecule has 0 saturated carbocycles. The molecule has 33 heavy (non-hydrogen) atoms. The number of carbonyl (C=O) groups excluding carboxylic acids is 1. The van der Waals surface area contributed by atoms with Gasteiger partial charge in [0, 0.05) is 29.3 Å². The third-order valence-corrected chi connectivity index (χ3v) is 16.6. The van der Waals surface area contributed by atoms with Crippen LogP contribution in [0, 0.1) is 11.3 Å². The smallest absolute Gasteiger partial charge is 0.302 e. The van der Waals surface area contributed by atoms with Crippen molar-refractivity contribution in [1.82, 2.24) is 4.78 Å². The second kappa shape index (κ2) is 7.02. The highest BCUT2D eigenvalue weighted by molar-refractivity contribution is 7.63. The Labute approximate surface area is 200 Å². The van der Waals surface area contributed by atoms with Gasteiger partial charge in [0.25, 0.3) is 0 Å². The van der Waals surface area contributed by atoms with E-state index in [1.54, 1.807) is 6.92 Å². The number of fused-ring (bicyclic) bond motifs is 3. The maximum absolute atomic E-state index is 12.9. The Morgan fingerprint density at radius 1 is 1.12 bits per heavy atom. The molecular weight excluding hydrogens is 443 g/mol. The first-order valence-corrected chi connectivity index (χ1v) is 15.2. The van der Waals surface area contributed by atoms with Gasteiger partial charge in [-0.15, -0.1) is 0 Å². The molecule has 174 valence electrons. The Morgan fingerprint density at radius 3 is 2.36 bits per heavy atom. The van der Waals surface area contributed by atoms with Gasteiger partial charge >= 0.3 is 8.32 Å². The zero-order valence-electron chi connectivity index (χ0n) is 21.0. The molecule has 0 N–H and O–H groups in total. The quantitative estimate of drug-likeness (QED) is 0.345. The molecule has 0 bridgehead atoms. The van der Waals surface area contributed by atoms with Crippen molar-refractivity contribution in [1.29, 1.82) is 0 Å². The number of carbonyl (C=O) groups is 1. The van der Waals surface area contributed by atoms with Gasteiger partial charge in [-0.2, -0.15) is 5.10 Å². The van der Waals surface area contributed by atoms with Crippen LogP contribution in [0.25, 0.3) is 0 Å². The van der Waals surface area contributed by atoms with Crippen molar-refractivity contribution in [2.75, 3.05) is 0 Å². The summed E-state index contributed by atoms with van der Waals surface area (Å²) < 4.78 is 9.34. The molecule has 4 nitrogen and oxygen atoms in total. The fourth-order valence-corrected chi connectivity index (χ4v) is 17.2. The average Bonchev–Trinajstić information content (AvgIpc) is 3.32. The fraction of sp³-hybridized carbons (Fsp3) is 0.481. The molecule has 4 aliphatic rings. The monoisotopic (exact) mass is 478 g/mol. The van der Waals surface area contributed by atoms with Crippen LogP contribution in [0.2, 0.25) is 10.1 Å². The van der Waals surface area contributed by atoms with Crippen molar-refractivity contribution >= 4 is 33.2 Å². The lowest BCUT2D eigenvalue weighted by atomic mass is 9.81. The minimum Gasteiger partial charge on any atom is -0.540 e. The third kappa shape index (κ3) is 2.73. The summed E-state index contributed by atoms with van der Waals surface area (Å²) in [7, 11) is -3.71. The molecule has 1 spiro atoms. The molecule has 1 fully saturated rings. The molecule has 5 atom stereocenters. The molecule has 0 unspecified atom stereocenters. The lowest BCUT2D eigenvalue weighted by Gasteiger charge is -2.51. The Hall–Kier alpha value is -1.97. The molecule has 6 heteroatoms. The van der Waals surface area contributed by atoms with Crippen LogP contribution >= 0.6 is 8.07 Å². The lowest BCUT2D eigenvalue weighted by molar-refractivity contribution is -0.124. The summed E-state index contributed by atoms with van der Waals surface area (Å²) in [6, 6.07) is 11.0. The highest BCUT2D eigenvalue weighted by Crippen LogP contribution is 2.85. The van der Waals surface area contributed by atoms with E-state index in [9.17, 15) is 4.79 Å². The van der Waals surface area contributed by atoms with Crippen molar-refractivity contribution in [3.8, 4) is 0 Å². The lowest BCUT2D eigenvalue weighted by Crippen LogP contribution is -2.65. The van der Waals surface area contributed by atoms with Gasteiger partial charge in [-0.1, -0.05) is 96.2 Å². The van der Waals surface area contributed by atoms with Crippen LogP contribution < -0.4 is 5.19 Å². The predicted octanol–water partition coefficient (Wildman–Crippen LogP) is 6.43. The van der Waals surface area contributed by atoms with Crippen LogP contribution in [0.4, 0.5) is 0 Å². The Balaban J connectivity index is 1.92. The van der Waals surface area contributed by atoms with E-state index in [-0.39, 0.29) is 33.0 Å². The zero-order valence-corrected chi connectivity index (χ0v) is 22.9. The number of amides is 1. The van der Waals surface area contributed by atoms with Gasteiger partial charge in [-0.3, -0.25) is 4.79 Å². The van der Waals surface area contributed by atoms with E-state index < -0.39 is 16.4 Å². The number of benzene rings is 1. The van der Waals surface area contributed by atoms with E-state index in [4.69, 9.17) is 9.53 Å². The number of nitrogens with zero attached hydrogens (tertiary/aromatic N) is 2. The molecule has 1 saturated heterocycles. The van der Waals surface area contributed by atoms with Crippen LogP contribution in [0.1, 0.15) is 55.4 Å². The van der Waals surface area contributed by atoms with Gasteiger partial charge in [-0.05, 0) is 17.1 Å². The molecular formula is C27H35N2O2PSi. The van der Waals surface area contributed by atoms with Crippen LogP contribution in [0.5, 0.6) is 0 Å². The first-order chi connectivity index (χ1) is 15.4. The first-order valence-electron chi connectivity index (χ1n) is 11.9. The summed E-state index contributed by atoms with van der Waals surface area (Å²) in [6.45, 7) is 17.6. The van der Waals surface area contributed by atoms with Gasteiger partial charge in [0.05, 0.1) is 24.5 Å². The molecule has 5 rings (SSSR count). The molecule has 3 heterocycles. The Morgan fingerprint density at radius 2 is 1.79 bits per heavy atom. The second-order valence-corrected chi connectivity index (χ2v) is 18.3. The van der Waals surface area contributed by atoms with Crippen LogP contribution in [0.15, 0.2) is 70.8 Å². The summed E-state index contributed by atoms with van der Waals surface area (Å²) in [5.41, 5.74) is 1.15. The number of hydrazone groups is 1. The van der Waals surface area contributed by atoms with Gasteiger partial charge in [-0.25, -0.2) is 4.78 Å². The molecule has 1 aromatic rings. The van der Waals surface area contributed by atoms with Crippen LogP contribution in [0.3, 0.4) is 0 Å². The highest BCUT2D eigenvalue weighted by Gasteiger charge is 2.79. The molecule has 1 aliphatic carbocycles. The maximum atomic E-state index is 12.9. The molecule has 1 aromatic carbocycles. The van der Waals surface area contributed by atoms with Crippen molar-refractivity contribution in [3.05, 3.63) is 65.7 Å². The molecule has 3 aliphatic heterocycles. The van der Waals surface area contributed by atoms with E-state index in [2.05, 4.69) is 103 Å². The minimum absolute atomic E-state index is 0.0279. The highest BCUT2D eigenvalue weighted by atomic mass is 31.1. The van der Waals surface area contributed by atoms with E-state index in [1.807, 2.05) is 4.78 Å². The fourth-order valence-electron chi connectivity index (χ4n) is 6.64. The van der Waals surface area contributed by atoms with Crippen molar-refractivity contribution < 1.29 is 9.22 Å². The minimum atomic E-state index is -2.74. The normalized spacial score (nSPS) is 34.7. The number of hydrogen-bond donors (Lipinski definition) is 0. The van der Waals surface area contributed by atoms with Gasteiger partial charge < -0.3 is 4.43 Å². The SMILES string of the molecule is CC(=O)N1N=C(C)[C@@H]2[C@@H]3C=CC=C[C@]34C(=C(C(C)(C)C)O[Si@@]4(c3ccccc3)C(C)(C)C)[P@]21. The largest absolute Gasteiger partial charge is 0.540 e. The standard InChI is InChI=1S/C27H35N2O2PSi/c1-18-22-21-16-12-13-17-27(21)24(32(22)29(28-18)19(2)30)23(25(3,4)5)31-33(27,26(6,7)8)20-14-10-9-11-15-20/h9-17,21-22H,1-8H3/t21-,22+,27+,32-,33-/m0/s1. The Kier molecular flexibility index (Phi) is 4.85. The summed E-state index contributed by atoms with van der Waals surface area (Å²) in [5, 5.41) is 7.19. The Bertz CT molecular complexity index is 1140. The van der Waals surface area contributed by atoms with Crippen molar-refractivity contribution in [2.45, 2.75) is 71.1 Å². The molecule has 0 aromatic heterocycles. The van der Waals surface area contributed by atoms with E-state index >= 15 is 0 Å². The second-order valence-electron chi connectivity index (χ2n) is 11.8. The number of hydrogen-bond acceptors (Lipinski definition) is 3. The third-order valence-electron chi connectivity index (χ3n) is 7.68. The van der Waals surface area contributed by atoms with Crippen molar-refractivity contribution in [3.63, 3.8) is 0 Å². The summed E-state index contributed by atoms with van der Waals surface area (Å²) in [6.07, 6.45) is 9.27. The van der Waals surface area contributed by atoms with Crippen LogP contribution in [-0.2, 0) is 9.22 Å². The van der Waals surface area contributed by atoms with Gasteiger partial charge in [0.1, 0.15) is 0 Å². The van der Waals surface area contributed by atoms with Crippen molar-refractivity contribution in [2.24, 2.45) is 16.4 Å². The molecule has 1 amide bonds.